The summed E-state index contributed by atoms with van der Waals surface area (Å²) < 4.78 is 53.2. The molecule has 3 rings (SSSR count). The molecule has 0 aliphatic rings. The molecule has 2 atom stereocenters. The van der Waals surface area contributed by atoms with Crippen LogP contribution in [0.1, 0.15) is 46.1 Å². The summed E-state index contributed by atoms with van der Waals surface area (Å²) >= 11 is 0. The fourth-order valence-corrected chi connectivity index (χ4v) is 5.84. The Hall–Kier alpha value is -4.12. The second-order valence-electron chi connectivity index (χ2n) is 10.0. The molecule has 0 radical (unpaired) electrons. The zero-order valence-electron chi connectivity index (χ0n) is 25.2. The van der Waals surface area contributed by atoms with Gasteiger partial charge < -0.3 is 19.7 Å². The summed E-state index contributed by atoms with van der Waals surface area (Å²) in [5.41, 5.74) is 0.945. The molecule has 9 nitrogen and oxygen atoms in total. The highest BCUT2D eigenvalue weighted by Crippen LogP contribution is 2.27. The number of sulfonamides is 1. The van der Waals surface area contributed by atoms with Crippen LogP contribution in [0.5, 0.6) is 11.5 Å². The van der Waals surface area contributed by atoms with Gasteiger partial charge in [0.25, 0.3) is 10.0 Å². The van der Waals surface area contributed by atoms with Crippen molar-refractivity contribution in [1.82, 2.24) is 10.2 Å². The third-order valence-corrected chi connectivity index (χ3v) is 8.80. The highest BCUT2D eigenvalue weighted by atomic mass is 32.2. The lowest BCUT2D eigenvalue weighted by molar-refractivity contribution is -0.140. The minimum Gasteiger partial charge on any atom is -0.497 e. The van der Waals surface area contributed by atoms with Gasteiger partial charge in [0.15, 0.2) is 0 Å². The first-order valence-electron chi connectivity index (χ1n) is 14.3. The van der Waals surface area contributed by atoms with Crippen molar-refractivity contribution >= 4 is 27.5 Å². The molecular formula is C32H40FN3O6S. The molecule has 0 saturated carbocycles. The number of benzene rings is 3. The van der Waals surface area contributed by atoms with E-state index in [-0.39, 0.29) is 29.1 Å². The van der Waals surface area contributed by atoms with Gasteiger partial charge in [-0.3, -0.25) is 13.9 Å². The van der Waals surface area contributed by atoms with Crippen molar-refractivity contribution in [3.8, 4) is 11.5 Å². The van der Waals surface area contributed by atoms with Gasteiger partial charge in [-0.2, -0.15) is 0 Å². The van der Waals surface area contributed by atoms with Gasteiger partial charge >= 0.3 is 0 Å². The van der Waals surface area contributed by atoms with Crippen LogP contribution in [0.2, 0.25) is 0 Å². The lowest BCUT2D eigenvalue weighted by Crippen LogP contribution is -2.53. The Morgan fingerprint density at radius 1 is 0.884 bits per heavy atom. The van der Waals surface area contributed by atoms with Crippen LogP contribution in [-0.4, -0.2) is 57.5 Å². The second-order valence-corrected chi connectivity index (χ2v) is 11.9. The summed E-state index contributed by atoms with van der Waals surface area (Å²) in [6, 6.07) is 16.8. The Morgan fingerprint density at radius 3 is 2.02 bits per heavy atom. The van der Waals surface area contributed by atoms with E-state index in [1.165, 1.54) is 4.90 Å². The summed E-state index contributed by atoms with van der Waals surface area (Å²) in [4.78, 5) is 28.7. The van der Waals surface area contributed by atoms with E-state index in [0.717, 1.165) is 34.1 Å². The molecule has 0 bridgehead atoms. The number of amides is 2. The van der Waals surface area contributed by atoms with E-state index in [1.54, 1.807) is 62.6 Å². The van der Waals surface area contributed by atoms with Gasteiger partial charge in [0.2, 0.25) is 11.8 Å². The van der Waals surface area contributed by atoms with Crippen LogP contribution < -0.4 is 19.1 Å². The van der Waals surface area contributed by atoms with Crippen LogP contribution >= 0.6 is 0 Å². The summed E-state index contributed by atoms with van der Waals surface area (Å²) in [5, 5.41) is 2.95. The fourth-order valence-electron chi connectivity index (χ4n) is 4.43. The van der Waals surface area contributed by atoms with Crippen molar-refractivity contribution in [3.63, 3.8) is 0 Å². The average molecular weight is 614 g/mol. The first kappa shape index (κ1) is 33.4. The number of nitrogens with zero attached hydrogens (tertiary/aromatic N) is 2. The molecule has 0 aliphatic heterocycles. The molecule has 11 heteroatoms. The molecule has 2 amide bonds. The van der Waals surface area contributed by atoms with E-state index < -0.39 is 34.3 Å². The van der Waals surface area contributed by atoms with Crippen molar-refractivity contribution in [3.05, 3.63) is 84.2 Å². The number of hydrogen-bond acceptors (Lipinski definition) is 6. The van der Waals surface area contributed by atoms with Gasteiger partial charge in [-0.1, -0.05) is 26.0 Å². The predicted octanol–water partition coefficient (Wildman–Crippen LogP) is 5.15. The summed E-state index contributed by atoms with van der Waals surface area (Å²) in [6.07, 6.45) is 1.01. The number of carbonyl (C=O) groups excluding carboxylic acids is 2. The van der Waals surface area contributed by atoms with Gasteiger partial charge in [-0.05, 0) is 92.9 Å². The monoisotopic (exact) mass is 613 g/mol. The SMILES string of the molecule is CCOc1ccc(N(CC(=O)N(Cc2ccc(OC)cc2)[C@H](CC)C(=O)N[C@H](C)CC)S(=O)(=O)c2ccc(F)cc2)cc1. The number of nitrogens with one attached hydrogen (secondary N) is 1. The second kappa shape index (κ2) is 15.4. The molecule has 0 aliphatic carbocycles. The van der Waals surface area contributed by atoms with Gasteiger partial charge in [0.1, 0.15) is 29.9 Å². The third kappa shape index (κ3) is 8.70. The van der Waals surface area contributed by atoms with Crippen LogP contribution in [0.15, 0.2) is 77.7 Å². The molecule has 0 saturated heterocycles. The lowest BCUT2D eigenvalue weighted by Gasteiger charge is -2.33. The molecular weight excluding hydrogens is 573 g/mol. The van der Waals surface area contributed by atoms with Gasteiger partial charge in [0, 0.05) is 12.6 Å². The Kier molecular flexibility index (Phi) is 11.9. The molecule has 0 heterocycles. The first-order valence-corrected chi connectivity index (χ1v) is 15.7. The molecule has 0 aromatic heterocycles. The number of carbonyl (C=O) groups is 2. The van der Waals surface area contributed by atoms with Crippen molar-refractivity contribution < 1.29 is 31.9 Å². The molecule has 0 unspecified atom stereocenters. The third-order valence-electron chi connectivity index (χ3n) is 7.02. The van der Waals surface area contributed by atoms with Gasteiger partial charge in [-0.25, -0.2) is 12.8 Å². The van der Waals surface area contributed by atoms with Crippen LogP contribution in [-0.2, 0) is 26.2 Å². The maximum Gasteiger partial charge on any atom is 0.264 e. The summed E-state index contributed by atoms with van der Waals surface area (Å²) in [5.74, 6) is -0.332. The minimum absolute atomic E-state index is 0.0585. The number of halogens is 1. The zero-order chi connectivity index (χ0) is 31.6. The number of methoxy groups -OCH3 is 1. The lowest BCUT2D eigenvalue weighted by atomic mass is 10.1. The normalized spacial score (nSPS) is 12.6. The predicted molar refractivity (Wildman–Crippen MR) is 164 cm³/mol. The summed E-state index contributed by atoms with van der Waals surface area (Å²) in [6.45, 7) is 7.34. The van der Waals surface area contributed by atoms with Gasteiger partial charge in [-0.15, -0.1) is 0 Å². The van der Waals surface area contributed by atoms with Crippen molar-refractivity contribution in [2.45, 2.75) is 64.1 Å². The molecule has 0 fully saturated rings. The Balaban J connectivity index is 2.06. The largest absolute Gasteiger partial charge is 0.497 e. The number of rotatable bonds is 15. The molecule has 0 spiro atoms. The number of hydrogen-bond donors (Lipinski definition) is 1. The molecule has 3 aromatic carbocycles. The zero-order valence-corrected chi connectivity index (χ0v) is 26.1. The summed E-state index contributed by atoms with van der Waals surface area (Å²) in [7, 11) is -2.77. The van der Waals surface area contributed by atoms with E-state index in [9.17, 15) is 22.4 Å². The van der Waals surface area contributed by atoms with E-state index in [2.05, 4.69) is 5.32 Å². The smallest absolute Gasteiger partial charge is 0.264 e. The standard InChI is InChI=1S/C32H40FN3O6S/c1-6-23(4)34-32(38)30(7-2)35(21-24-9-15-27(41-5)16-10-24)31(37)22-36(26-13-17-28(18-14-26)42-8-3)43(39,40)29-19-11-25(33)12-20-29/h9-20,23,30H,6-8,21-22H2,1-5H3,(H,34,38)/t23-,30-/m1/s1. The van der Waals surface area contributed by atoms with Crippen molar-refractivity contribution in [2.24, 2.45) is 0 Å². The minimum atomic E-state index is -4.32. The van der Waals surface area contributed by atoms with Crippen LogP contribution in [0.3, 0.4) is 0 Å². The van der Waals surface area contributed by atoms with Gasteiger partial charge in [0.05, 0.1) is 24.3 Å². The quantitative estimate of drug-likeness (QED) is 0.254. The number of ether oxygens (including phenoxy) is 2. The fraction of sp³-hybridized carbons (Fsp3) is 0.375. The van der Waals surface area contributed by atoms with Crippen molar-refractivity contribution in [1.29, 1.82) is 0 Å². The average Bonchev–Trinajstić information content (AvgIpc) is 3.00. The number of anilines is 1. The molecule has 1 N–H and O–H groups in total. The Labute approximate surface area is 253 Å². The van der Waals surface area contributed by atoms with E-state index in [0.29, 0.717) is 30.9 Å². The van der Waals surface area contributed by atoms with Crippen LogP contribution in [0.25, 0.3) is 0 Å². The first-order chi connectivity index (χ1) is 20.5. The highest BCUT2D eigenvalue weighted by Gasteiger charge is 2.34. The Bertz CT molecular complexity index is 1450. The maximum absolute atomic E-state index is 14.1. The van der Waals surface area contributed by atoms with Crippen LogP contribution in [0.4, 0.5) is 10.1 Å². The molecule has 3 aromatic rings. The Morgan fingerprint density at radius 2 is 1.49 bits per heavy atom. The topological polar surface area (TPSA) is 105 Å². The van der Waals surface area contributed by atoms with E-state index >= 15 is 0 Å². The highest BCUT2D eigenvalue weighted by molar-refractivity contribution is 7.92. The van der Waals surface area contributed by atoms with Crippen molar-refractivity contribution in [2.75, 3.05) is 24.6 Å². The maximum atomic E-state index is 14.1. The molecule has 232 valence electrons. The van der Waals surface area contributed by atoms with E-state index in [4.69, 9.17) is 9.47 Å². The molecule has 43 heavy (non-hydrogen) atoms. The van der Waals surface area contributed by atoms with Crippen LogP contribution in [0, 0.1) is 5.82 Å². The van der Waals surface area contributed by atoms with E-state index in [1.807, 2.05) is 20.8 Å².